The Bertz CT molecular complexity index is 832. The summed E-state index contributed by atoms with van der Waals surface area (Å²) in [5.41, 5.74) is 2.01. The number of thiazole rings is 1. The molecule has 0 bridgehead atoms. The Kier molecular flexibility index (Phi) is 5.94. The first-order valence-electron chi connectivity index (χ1n) is 6.97. The number of aromatic nitrogens is 3. The fraction of sp³-hybridized carbons (Fsp3) is 0.188. The fourth-order valence-electron chi connectivity index (χ4n) is 1.81. The molecule has 23 heavy (non-hydrogen) atoms. The molecule has 3 nitrogen and oxygen atoms in total. The predicted octanol–water partition coefficient (Wildman–Crippen LogP) is 5.49. The van der Waals surface area contributed by atoms with Gasteiger partial charge in [0.05, 0.1) is 10.2 Å². The van der Waals surface area contributed by atoms with Crippen molar-refractivity contribution < 1.29 is 0 Å². The molecule has 2 aromatic heterocycles. The molecule has 0 aliphatic rings. The molecular weight excluding hydrogens is 366 g/mol. The minimum absolute atomic E-state index is 0.757. The number of aryl methyl sites for hydroxylation is 1. The van der Waals surface area contributed by atoms with E-state index in [0.29, 0.717) is 0 Å². The lowest BCUT2D eigenvalue weighted by Gasteiger charge is -1.97. The molecule has 0 amide bonds. The van der Waals surface area contributed by atoms with Crippen molar-refractivity contribution in [1.82, 2.24) is 15.0 Å². The molecule has 2 heterocycles. The molecule has 0 radical (unpaired) electrons. The second kappa shape index (κ2) is 8.15. The average molecular weight is 380 g/mol. The topological polar surface area (TPSA) is 38.7 Å². The second-order valence-corrected chi connectivity index (χ2v) is 8.39. The molecule has 0 fully saturated rings. The summed E-state index contributed by atoms with van der Waals surface area (Å²) in [7, 11) is 0. The number of thioether (sulfide) groups is 2. The number of fused-ring (bicyclic) bond motifs is 1. The van der Waals surface area contributed by atoms with Gasteiger partial charge in [-0.2, -0.15) is 0 Å². The number of hydrogen-bond acceptors (Lipinski definition) is 6. The predicted molar refractivity (Wildman–Crippen MR) is 102 cm³/mol. The highest BCUT2D eigenvalue weighted by Crippen LogP contribution is 2.31. The highest BCUT2D eigenvalue weighted by atomic mass is 35.5. The van der Waals surface area contributed by atoms with Crippen LogP contribution in [0.2, 0.25) is 5.02 Å². The number of benzene rings is 1. The quantitative estimate of drug-likeness (QED) is 0.321. The maximum Gasteiger partial charge on any atom is 0.188 e. The Morgan fingerprint density at radius 2 is 1.96 bits per heavy atom. The van der Waals surface area contributed by atoms with E-state index < -0.39 is 0 Å². The lowest BCUT2D eigenvalue weighted by Crippen LogP contribution is -1.88. The summed E-state index contributed by atoms with van der Waals surface area (Å²) in [6.45, 7) is 1.98. The van der Waals surface area contributed by atoms with Gasteiger partial charge < -0.3 is 0 Å². The van der Waals surface area contributed by atoms with Crippen LogP contribution >= 0.6 is 46.5 Å². The lowest BCUT2D eigenvalue weighted by molar-refractivity contribution is 0.934. The van der Waals surface area contributed by atoms with Crippen molar-refractivity contribution in [1.29, 1.82) is 0 Å². The Morgan fingerprint density at radius 1 is 1.13 bits per heavy atom. The van der Waals surface area contributed by atoms with Gasteiger partial charge in [0.1, 0.15) is 0 Å². The molecule has 3 aromatic rings. The van der Waals surface area contributed by atoms with E-state index in [0.717, 1.165) is 41.9 Å². The number of nitrogens with zero attached hydrogens (tertiary/aromatic N) is 3. The van der Waals surface area contributed by atoms with Crippen LogP contribution in [0.1, 0.15) is 5.69 Å². The normalized spacial score (nSPS) is 11.6. The molecule has 0 unspecified atom stereocenters. The molecule has 0 atom stereocenters. The van der Waals surface area contributed by atoms with Crippen molar-refractivity contribution in [3.8, 4) is 0 Å². The largest absolute Gasteiger partial charge is 0.231 e. The van der Waals surface area contributed by atoms with Crippen LogP contribution in [-0.4, -0.2) is 26.5 Å². The summed E-state index contributed by atoms with van der Waals surface area (Å²) in [5, 5.41) is 1.58. The van der Waals surface area contributed by atoms with Crippen LogP contribution in [0.15, 0.2) is 52.1 Å². The Morgan fingerprint density at radius 3 is 2.78 bits per heavy atom. The molecule has 0 saturated carbocycles. The zero-order valence-electron chi connectivity index (χ0n) is 12.4. The van der Waals surface area contributed by atoms with E-state index in [4.69, 9.17) is 11.6 Å². The van der Waals surface area contributed by atoms with Crippen LogP contribution in [0.4, 0.5) is 0 Å². The molecule has 0 aliphatic heterocycles. The Labute approximate surface area is 152 Å². The van der Waals surface area contributed by atoms with Gasteiger partial charge in [-0.15, -0.1) is 11.3 Å². The molecule has 3 rings (SSSR count). The first-order chi connectivity index (χ1) is 11.2. The van der Waals surface area contributed by atoms with Crippen LogP contribution in [-0.2, 0) is 0 Å². The second-order valence-electron chi connectivity index (χ2n) is 4.67. The fourth-order valence-corrected chi connectivity index (χ4v) is 4.76. The Hall–Kier alpha value is -1.08. The van der Waals surface area contributed by atoms with Crippen molar-refractivity contribution in [3.63, 3.8) is 0 Å². The van der Waals surface area contributed by atoms with Gasteiger partial charge in [0.15, 0.2) is 9.50 Å². The van der Waals surface area contributed by atoms with Crippen LogP contribution in [0.3, 0.4) is 0 Å². The Balaban J connectivity index is 1.46. The molecule has 0 aliphatic carbocycles. The van der Waals surface area contributed by atoms with E-state index in [1.807, 2.05) is 31.2 Å². The average Bonchev–Trinajstić information content (AvgIpc) is 2.92. The highest BCUT2D eigenvalue weighted by molar-refractivity contribution is 8.01. The van der Waals surface area contributed by atoms with Gasteiger partial charge >= 0.3 is 0 Å². The van der Waals surface area contributed by atoms with Gasteiger partial charge in [0, 0.05) is 28.4 Å². The maximum atomic E-state index is 6.00. The van der Waals surface area contributed by atoms with Gasteiger partial charge in [-0.05, 0) is 31.2 Å². The summed E-state index contributed by atoms with van der Waals surface area (Å²) in [4.78, 5) is 13.2. The standard InChI is InChI=1S/C16H14ClN3S3/c1-11-6-7-18-15(19-11)21-8-2-3-9-22-16-20-13-5-4-12(17)10-14(13)23-16/h2-7,10H,8-9H2,1H3. The third kappa shape index (κ3) is 4.94. The van der Waals surface area contributed by atoms with Crippen molar-refractivity contribution in [2.45, 2.75) is 16.4 Å². The maximum absolute atomic E-state index is 6.00. The number of hydrogen-bond donors (Lipinski definition) is 0. The van der Waals surface area contributed by atoms with Gasteiger partial charge in [0.2, 0.25) is 0 Å². The summed E-state index contributed by atoms with van der Waals surface area (Å²) in [6.07, 6.45) is 6.10. The van der Waals surface area contributed by atoms with Crippen molar-refractivity contribution in [2.75, 3.05) is 11.5 Å². The van der Waals surface area contributed by atoms with Gasteiger partial charge in [-0.25, -0.2) is 15.0 Å². The summed E-state index contributed by atoms with van der Waals surface area (Å²) in [6, 6.07) is 7.71. The minimum Gasteiger partial charge on any atom is -0.231 e. The number of rotatable bonds is 6. The van der Waals surface area contributed by atoms with Crippen LogP contribution < -0.4 is 0 Å². The van der Waals surface area contributed by atoms with Gasteiger partial charge in [0.25, 0.3) is 0 Å². The SMILES string of the molecule is Cc1ccnc(SCC=CCSc2nc3ccc(Cl)cc3s2)n1. The molecule has 0 N–H and O–H groups in total. The third-order valence-corrected chi connectivity index (χ3v) is 6.04. The first kappa shape index (κ1) is 16.8. The zero-order valence-corrected chi connectivity index (χ0v) is 15.6. The third-order valence-electron chi connectivity index (χ3n) is 2.88. The number of halogens is 1. The van der Waals surface area contributed by atoms with Gasteiger partial charge in [-0.3, -0.25) is 0 Å². The monoisotopic (exact) mass is 379 g/mol. The van der Waals surface area contributed by atoms with E-state index in [9.17, 15) is 0 Å². The summed E-state index contributed by atoms with van der Waals surface area (Å²) < 4.78 is 2.21. The van der Waals surface area contributed by atoms with E-state index in [2.05, 4.69) is 27.1 Å². The zero-order chi connectivity index (χ0) is 16.1. The lowest BCUT2D eigenvalue weighted by atomic mass is 10.3. The van der Waals surface area contributed by atoms with Crippen LogP contribution in [0.25, 0.3) is 10.2 Å². The van der Waals surface area contributed by atoms with Crippen molar-refractivity contribution >= 4 is 56.7 Å². The molecule has 118 valence electrons. The van der Waals surface area contributed by atoms with Crippen LogP contribution in [0.5, 0.6) is 0 Å². The van der Waals surface area contributed by atoms with Gasteiger partial charge in [-0.1, -0.05) is 47.3 Å². The van der Waals surface area contributed by atoms with Crippen molar-refractivity contribution in [2.24, 2.45) is 0 Å². The molecule has 0 saturated heterocycles. The highest BCUT2D eigenvalue weighted by Gasteiger charge is 2.04. The minimum atomic E-state index is 0.757. The van der Waals surface area contributed by atoms with E-state index in [1.165, 1.54) is 0 Å². The van der Waals surface area contributed by atoms with E-state index >= 15 is 0 Å². The first-order valence-corrected chi connectivity index (χ1v) is 10.1. The summed E-state index contributed by atoms with van der Waals surface area (Å²) in [5.74, 6) is 1.78. The molecular formula is C16H14ClN3S3. The van der Waals surface area contributed by atoms with E-state index in [-0.39, 0.29) is 0 Å². The molecule has 1 aromatic carbocycles. The van der Waals surface area contributed by atoms with Crippen LogP contribution in [0, 0.1) is 6.92 Å². The molecule has 7 heteroatoms. The van der Waals surface area contributed by atoms with Crippen molar-refractivity contribution in [3.05, 3.63) is 53.3 Å². The summed E-state index contributed by atoms with van der Waals surface area (Å²) >= 11 is 11.1. The van der Waals surface area contributed by atoms with E-state index in [1.54, 1.807) is 41.1 Å². The molecule has 0 spiro atoms. The smallest absolute Gasteiger partial charge is 0.188 e.